The Morgan fingerprint density at radius 2 is 1.59 bits per heavy atom. The summed E-state index contributed by atoms with van der Waals surface area (Å²) in [7, 11) is 0. The van der Waals surface area contributed by atoms with Crippen molar-refractivity contribution in [2.45, 2.75) is 31.2 Å². The van der Waals surface area contributed by atoms with Gasteiger partial charge in [0, 0.05) is 45.2 Å². The molecule has 0 saturated heterocycles. The Labute approximate surface area is 210 Å². The summed E-state index contributed by atoms with van der Waals surface area (Å²) < 4.78 is 5.44. The van der Waals surface area contributed by atoms with Gasteiger partial charge in [0.25, 0.3) is 5.09 Å². The van der Waals surface area contributed by atoms with Crippen molar-refractivity contribution in [3.05, 3.63) is 69.8 Å². The van der Waals surface area contributed by atoms with Crippen molar-refractivity contribution in [1.29, 1.82) is 0 Å². The van der Waals surface area contributed by atoms with E-state index in [1.807, 2.05) is 24.3 Å². The second kappa shape index (κ2) is 13.8. The number of aliphatic carboxylic acids is 1. The van der Waals surface area contributed by atoms with Crippen LogP contribution in [0.4, 0.5) is 4.79 Å². The minimum absolute atomic E-state index is 0. The SMILES string of the molecule is NC(CCCCNC(=O)OCC1c2ccccc2-c2ccccc21)C(=O)O.O=[N+]([O-])O.[Y]. The van der Waals surface area contributed by atoms with Crippen molar-refractivity contribution in [2.24, 2.45) is 5.73 Å². The zero-order valence-electron chi connectivity index (χ0n) is 17.3. The molecule has 169 valence electrons. The average Bonchev–Trinajstić information content (AvgIpc) is 3.05. The molecular weight excluding hydrogens is 495 g/mol. The van der Waals surface area contributed by atoms with Crippen molar-refractivity contribution in [2.75, 3.05) is 13.2 Å². The van der Waals surface area contributed by atoms with Gasteiger partial charge in [-0.3, -0.25) is 4.79 Å². The number of ether oxygens (including phenoxy) is 1. The summed E-state index contributed by atoms with van der Waals surface area (Å²) in [5, 5.41) is 25.1. The van der Waals surface area contributed by atoms with Crippen LogP contribution in [0.2, 0.25) is 0 Å². The molecule has 5 N–H and O–H groups in total. The molecule has 0 saturated carbocycles. The Kier molecular flexibility index (Phi) is 11.8. The van der Waals surface area contributed by atoms with Crippen LogP contribution in [-0.4, -0.2) is 46.7 Å². The third kappa shape index (κ3) is 8.18. The average molecular weight is 520 g/mol. The first kappa shape index (κ1) is 27.5. The summed E-state index contributed by atoms with van der Waals surface area (Å²) in [6.07, 6.45) is 1.23. The Morgan fingerprint density at radius 3 is 2.09 bits per heavy atom. The number of carbonyl (C=O) groups is 2. The van der Waals surface area contributed by atoms with Crippen molar-refractivity contribution >= 4 is 12.1 Å². The summed E-state index contributed by atoms with van der Waals surface area (Å²) >= 11 is 0. The number of amides is 1. The molecule has 1 atom stereocenters. The minimum atomic E-state index is -1.50. The normalized spacial score (nSPS) is 12.2. The van der Waals surface area contributed by atoms with Crippen LogP contribution in [-0.2, 0) is 42.2 Å². The zero-order chi connectivity index (χ0) is 22.8. The molecule has 0 heterocycles. The minimum Gasteiger partial charge on any atom is -0.480 e. The fraction of sp³-hybridized carbons (Fsp3) is 0.333. The maximum atomic E-state index is 12.0. The predicted octanol–water partition coefficient (Wildman–Crippen LogP) is 2.76. The summed E-state index contributed by atoms with van der Waals surface area (Å²) in [5.74, 6) is -0.962. The van der Waals surface area contributed by atoms with Gasteiger partial charge in [0.15, 0.2) is 0 Å². The van der Waals surface area contributed by atoms with E-state index in [2.05, 4.69) is 29.6 Å². The van der Waals surface area contributed by atoms with Gasteiger partial charge in [-0.25, -0.2) is 4.79 Å². The molecule has 0 bridgehead atoms. The molecule has 1 unspecified atom stereocenters. The van der Waals surface area contributed by atoms with Crippen molar-refractivity contribution in [3.63, 3.8) is 0 Å². The van der Waals surface area contributed by atoms with E-state index in [-0.39, 0.29) is 45.2 Å². The topological polar surface area (TPSA) is 165 Å². The molecule has 2 aromatic carbocycles. The van der Waals surface area contributed by atoms with E-state index >= 15 is 0 Å². The summed E-state index contributed by atoms with van der Waals surface area (Å²) in [4.78, 5) is 31.0. The second-order valence-electron chi connectivity index (χ2n) is 6.93. The van der Waals surface area contributed by atoms with Crippen LogP contribution in [0, 0.1) is 10.1 Å². The second-order valence-corrected chi connectivity index (χ2v) is 6.93. The number of carboxylic acids is 1. The van der Waals surface area contributed by atoms with E-state index in [0.717, 1.165) is 0 Å². The van der Waals surface area contributed by atoms with Crippen LogP contribution in [0.15, 0.2) is 48.5 Å². The fourth-order valence-corrected chi connectivity index (χ4v) is 3.45. The molecule has 1 aliphatic carbocycles. The molecule has 1 aliphatic rings. The fourth-order valence-electron chi connectivity index (χ4n) is 3.45. The molecule has 0 aliphatic heterocycles. The molecule has 0 aromatic heterocycles. The third-order valence-electron chi connectivity index (χ3n) is 4.87. The number of benzene rings is 2. The first-order valence-electron chi connectivity index (χ1n) is 9.71. The zero-order valence-corrected chi connectivity index (χ0v) is 20.2. The summed E-state index contributed by atoms with van der Waals surface area (Å²) in [6.45, 7) is 0.715. The molecule has 0 fully saturated rings. The van der Waals surface area contributed by atoms with E-state index in [1.165, 1.54) is 22.3 Å². The number of hydrogen-bond donors (Lipinski definition) is 4. The first-order chi connectivity index (χ1) is 14.8. The maximum Gasteiger partial charge on any atom is 0.407 e. The Hall–Kier alpha value is -2.56. The number of rotatable bonds is 8. The predicted molar refractivity (Wildman–Crippen MR) is 111 cm³/mol. The van der Waals surface area contributed by atoms with Crippen LogP contribution in [0.3, 0.4) is 0 Å². The van der Waals surface area contributed by atoms with Crippen molar-refractivity contribution in [3.8, 4) is 11.1 Å². The quantitative estimate of drug-likeness (QED) is 0.234. The molecule has 32 heavy (non-hydrogen) atoms. The monoisotopic (exact) mass is 520 g/mol. The molecule has 10 nitrogen and oxygen atoms in total. The largest absolute Gasteiger partial charge is 0.480 e. The molecule has 1 amide bonds. The number of carbonyl (C=O) groups excluding carboxylic acids is 1. The van der Waals surface area contributed by atoms with Gasteiger partial charge in [0.05, 0.1) is 0 Å². The molecule has 1 radical (unpaired) electrons. The number of nitrogens with one attached hydrogen (secondary N) is 1. The van der Waals surface area contributed by atoms with Gasteiger partial charge in [0.1, 0.15) is 12.6 Å². The van der Waals surface area contributed by atoms with Crippen LogP contribution >= 0.6 is 0 Å². The van der Waals surface area contributed by atoms with E-state index in [0.29, 0.717) is 25.8 Å². The molecule has 0 spiro atoms. The molecule has 11 heteroatoms. The summed E-state index contributed by atoms with van der Waals surface area (Å²) in [5.41, 5.74) is 10.2. The van der Waals surface area contributed by atoms with Crippen LogP contribution in [0.25, 0.3) is 11.1 Å². The van der Waals surface area contributed by atoms with E-state index < -0.39 is 23.2 Å². The van der Waals surface area contributed by atoms with Crippen LogP contribution in [0.1, 0.15) is 36.3 Å². The Balaban J connectivity index is 0.000000945. The molecule has 2 aromatic rings. The smallest absolute Gasteiger partial charge is 0.407 e. The molecular formula is C21H25N3O7Y. The number of hydrogen-bond acceptors (Lipinski definition) is 6. The van der Waals surface area contributed by atoms with Crippen LogP contribution < -0.4 is 11.1 Å². The number of unbranched alkanes of at least 4 members (excludes halogenated alkanes) is 1. The van der Waals surface area contributed by atoms with E-state index in [4.69, 9.17) is 30.9 Å². The van der Waals surface area contributed by atoms with Crippen molar-refractivity contribution < 1.29 is 62.4 Å². The van der Waals surface area contributed by atoms with Gasteiger partial charge < -0.3 is 26.1 Å². The number of carboxylic acid groups (broad SMARTS) is 1. The van der Waals surface area contributed by atoms with E-state index in [9.17, 15) is 9.59 Å². The van der Waals surface area contributed by atoms with Gasteiger partial charge in [-0.15, -0.1) is 10.1 Å². The first-order valence-corrected chi connectivity index (χ1v) is 9.71. The Morgan fingerprint density at radius 1 is 1.09 bits per heavy atom. The van der Waals surface area contributed by atoms with Crippen LogP contribution in [0.5, 0.6) is 0 Å². The van der Waals surface area contributed by atoms with Gasteiger partial charge >= 0.3 is 12.1 Å². The number of nitrogens with two attached hydrogens (primary N) is 1. The van der Waals surface area contributed by atoms with Gasteiger partial charge in [-0.05, 0) is 41.5 Å². The van der Waals surface area contributed by atoms with Crippen molar-refractivity contribution in [1.82, 2.24) is 5.32 Å². The number of nitrogens with zero attached hydrogens (tertiary/aromatic N) is 1. The maximum absolute atomic E-state index is 12.0. The standard InChI is InChI=1S/C21H24N2O4.HNO3.Y/c22-19(20(24)25)11-5-6-12-23-21(26)27-13-18-16-9-3-1-7-14(16)15-8-2-4-10-17(15)18;2-1(3)4;/h1-4,7-10,18-19H,5-6,11-13,22H2,(H,23,26)(H,24,25);(H,2,3,4);. The molecule has 3 rings (SSSR count). The number of alkyl carbamates (subject to hydrolysis) is 1. The van der Waals surface area contributed by atoms with Gasteiger partial charge in [-0.1, -0.05) is 48.5 Å². The third-order valence-corrected chi connectivity index (χ3v) is 4.87. The Bertz CT molecular complexity index is 876. The van der Waals surface area contributed by atoms with E-state index in [1.54, 1.807) is 0 Å². The summed E-state index contributed by atoms with van der Waals surface area (Å²) in [6, 6.07) is 15.5. The number of fused-ring (bicyclic) bond motifs is 3. The van der Waals surface area contributed by atoms with Gasteiger partial charge in [-0.2, -0.15) is 0 Å². The van der Waals surface area contributed by atoms with Gasteiger partial charge in [0.2, 0.25) is 0 Å².